The number of nitrogens with one attached hydrogen (secondary N) is 2. The number of benzene rings is 3. The number of rotatable bonds is 6. The predicted molar refractivity (Wildman–Crippen MR) is 128 cm³/mol. The zero-order chi connectivity index (χ0) is 22.4. The number of hydrogen-bond donors (Lipinski definition) is 2. The second kappa shape index (κ2) is 10.2. The van der Waals surface area contributed by atoms with Crippen LogP contribution in [0.4, 0.5) is 11.4 Å². The molecule has 31 heavy (non-hydrogen) atoms. The number of para-hydroxylation sites is 1. The van der Waals surface area contributed by atoms with E-state index in [4.69, 9.17) is 4.74 Å². The lowest BCUT2D eigenvalue weighted by atomic mass is 10.1. The van der Waals surface area contributed by atoms with Crippen LogP contribution in [0.1, 0.15) is 31.8 Å². The molecular weight excluding hydrogens is 507 g/mol. The molecule has 0 unspecified atom stereocenters. The largest absolute Gasteiger partial charge is 0.452 e. The van der Waals surface area contributed by atoms with Crippen LogP contribution in [0.3, 0.4) is 0 Å². The van der Waals surface area contributed by atoms with Crippen LogP contribution >= 0.6 is 22.6 Å². The van der Waals surface area contributed by atoms with Crippen molar-refractivity contribution in [1.82, 2.24) is 0 Å². The molecule has 2 N–H and O–H groups in total. The van der Waals surface area contributed by atoms with Crippen molar-refractivity contribution in [3.63, 3.8) is 0 Å². The summed E-state index contributed by atoms with van der Waals surface area (Å²) in [7, 11) is 0. The Morgan fingerprint density at radius 3 is 2.16 bits per heavy atom. The topological polar surface area (TPSA) is 84.5 Å². The molecule has 0 aliphatic carbocycles. The first kappa shape index (κ1) is 22.5. The molecule has 0 radical (unpaired) electrons. The van der Waals surface area contributed by atoms with E-state index in [0.717, 1.165) is 14.7 Å². The monoisotopic (exact) mass is 528 g/mol. The number of aryl methyl sites for hydroxylation is 2. The summed E-state index contributed by atoms with van der Waals surface area (Å²) >= 11 is 2.22. The van der Waals surface area contributed by atoms with Crippen LogP contribution in [0.2, 0.25) is 0 Å². The van der Waals surface area contributed by atoms with Gasteiger partial charge in [0.1, 0.15) is 0 Å². The highest BCUT2D eigenvalue weighted by Crippen LogP contribution is 2.23. The van der Waals surface area contributed by atoms with Crippen LogP contribution in [0.5, 0.6) is 0 Å². The Morgan fingerprint density at radius 1 is 0.871 bits per heavy atom. The molecule has 6 nitrogen and oxygen atoms in total. The van der Waals surface area contributed by atoms with Gasteiger partial charge in [-0.15, -0.1) is 0 Å². The van der Waals surface area contributed by atoms with Crippen molar-refractivity contribution in [3.8, 4) is 0 Å². The fourth-order valence-electron chi connectivity index (χ4n) is 3.05. The average Bonchev–Trinajstić information content (AvgIpc) is 2.75. The number of ether oxygens (including phenoxy) is 1. The molecule has 2 amide bonds. The number of hydrogen-bond acceptors (Lipinski definition) is 4. The van der Waals surface area contributed by atoms with Crippen molar-refractivity contribution in [2.24, 2.45) is 0 Å². The highest BCUT2D eigenvalue weighted by atomic mass is 127. The van der Waals surface area contributed by atoms with Crippen molar-refractivity contribution < 1.29 is 19.1 Å². The number of esters is 1. The molecule has 3 aromatic rings. The first-order valence-electron chi connectivity index (χ1n) is 9.54. The minimum atomic E-state index is -0.699. The van der Waals surface area contributed by atoms with Crippen LogP contribution in [0.15, 0.2) is 66.7 Å². The molecule has 0 saturated carbocycles. The molecule has 158 valence electrons. The van der Waals surface area contributed by atoms with Gasteiger partial charge in [0.05, 0.1) is 11.3 Å². The van der Waals surface area contributed by atoms with Gasteiger partial charge in [-0.2, -0.15) is 0 Å². The molecule has 7 heteroatoms. The average molecular weight is 528 g/mol. The lowest BCUT2D eigenvalue weighted by Crippen LogP contribution is -2.22. The summed E-state index contributed by atoms with van der Waals surface area (Å²) in [6, 6.07) is 19.1. The summed E-state index contributed by atoms with van der Waals surface area (Å²) in [5, 5.41) is 5.51. The summed E-state index contributed by atoms with van der Waals surface area (Å²) in [5.74, 6) is -1.48. The van der Waals surface area contributed by atoms with E-state index < -0.39 is 18.5 Å². The molecule has 0 aliphatic heterocycles. The van der Waals surface area contributed by atoms with Crippen LogP contribution in [0.25, 0.3) is 0 Å². The van der Waals surface area contributed by atoms with Crippen molar-refractivity contribution in [1.29, 1.82) is 0 Å². The Bertz CT molecular complexity index is 1110. The van der Waals surface area contributed by atoms with E-state index in [1.165, 1.54) is 6.07 Å². The quantitative estimate of drug-likeness (QED) is 0.350. The highest BCUT2D eigenvalue weighted by Gasteiger charge is 2.17. The third kappa shape index (κ3) is 5.91. The fourth-order valence-corrected chi connectivity index (χ4v) is 3.98. The van der Waals surface area contributed by atoms with Crippen molar-refractivity contribution in [2.75, 3.05) is 17.2 Å². The Morgan fingerprint density at radius 2 is 1.48 bits per heavy atom. The first-order valence-corrected chi connectivity index (χ1v) is 10.6. The van der Waals surface area contributed by atoms with Crippen LogP contribution in [0, 0.1) is 17.4 Å². The molecule has 0 heterocycles. The van der Waals surface area contributed by atoms with E-state index in [0.29, 0.717) is 16.9 Å². The van der Waals surface area contributed by atoms with Gasteiger partial charge in [-0.25, -0.2) is 4.79 Å². The van der Waals surface area contributed by atoms with Crippen molar-refractivity contribution >= 4 is 51.7 Å². The highest BCUT2D eigenvalue weighted by molar-refractivity contribution is 14.1. The fraction of sp³-hybridized carbons (Fsp3) is 0.125. The van der Waals surface area contributed by atoms with E-state index in [-0.39, 0.29) is 11.5 Å². The van der Waals surface area contributed by atoms with Crippen LogP contribution in [-0.2, 0) is 9.53 Å². The SMILES string of the molecule is Cc1cc(I)cc(C)c1NC(=O)COC(=O)c1ccccc1NC(=O)c1ccccc1. The first-order chi connectivity index (χ1) is 14.8. The van der Waals surface area contributed by atoms with Gasteiger partial charge >= 0.3 is 5.97 Å². The number of halogens is 1. The Balaban J connectivity index is 1.65. The zero-order valence-electron chi connectivity index (χ0n) is 17.1. The standard InChI is InChI=1S/C24H21IN2O4/c1-15-12-18(25)13-16(2)22(15)27-21(28)14-31-24(30)19-10-6-7-11-20(19)26-23(29)17-8-4-3-5-9-17/h3-13H,14H2,1-2H3,(H,26,29)(H,27,28). The maximum absolute atomic E-state index is 12.6. The molecule has 3 aromatic carbocycles. The normalized spacial score (nSPS) is 10.3. The van der Waals surface area contributed by atoms with E-state index in [9.17, 15) is 14.4 Å². The van der Waals surface area contributed by atoms with Gasteiger partial charge in [-0.3, -0.25) is 9.59 Å². The summed E-state index contributed by atoms with van der Waals surface area (Å²) in [6.45, 7) is 3.37. The van der Waals surface area contributed by atoms with Crippen LogP contribution < -0.4 is 10.6 Å². The van der Waals surface area contributed by atoms with Gasteiger partial charge in [0.25, 0.3) is 11.8 Å². The van der Waals surface area contributed by atoms with Gasteiger partial charge in [-0.05, 0) is 84.0 Å². The maximum Gasteiger partial charge on any atom is 0.340 e. The third-order valence-electron chi connectivity index (χ3n) is 4.53. The van der Waals surface area contributed by atoms with Gasteiger partial charge in [0.15, 0.2) is 6.61 Å². The van der Waals surface area contributed by atoms with E-state index in [1.807, 2.05) is 32.0 Å². The molecule has 0 bridgehead atoms. The van der Waals surface area contributed by atoms with Crippen LogP contribution in [-0.4, -0.2) is 24.4 Å². The maximum atomic E-state index is 12.6. The van der Waals surface area contributed by atoms with E-state index in [1.54, 1.807) is 42.5 Å². The smallest absolute Gasteiger partial charge is 0.340 e. The number of carbonyl (C=O) groups excluding carboxylic acids is 3. The number of carbonyl (C=O) groups is 3. The van der Waals surface area contributed by atoms with Gasteiger partial charge in [0.2, 0.25) is 0 Å². The summed E-state index contributed by atoms with van der Waals surface area (Å²) in [4.78, 5) is 37.3. The summed E-state index contributed by atoms with van der Waals surface area (Å²) in [5.41, 5.74) is 3.51. The summed E-state index contributed by atoms with van der Waals surface area (Å²) < 4.78 is 6.26. The molecule has 0 saturated heterocycles. The van der Waals surface area contributed by atoms with Gasteiger partial charge in [0, 0.05) is 14.8 Å². The molecular formula is C24H21IN2O4. The lowest BCUT2D eigenvalue weighted by molar-refractivity contribution is -0.119. The Labute approximate surface area is 194 Å². The number of anilines is 2. The predicted octanol–water partition coefficient (Wildman–Crippen LogP) is 4.96. The van der Waals surface area contributed by atoms with E-state index in [2.05, 4.69) is 33.2 Å². The minimum absolute atomic E-state index is 0.168. The molecule has 3 rings (SSSR count). The minimum Gasteiger partial charge on any atom is -0.452 e. The number of amides is 2. The molecule has 0 aliphatic rings. The second-order valence-corrected chi connectivity index (χ2v) is 8.15. The van der Waals surface area contributed by atoms with Gasteiger partial charge < -0.3 is 15.4 Å². The molecule has 0 spiro atoms. The zero-order valence-corrected chi connectivity index (χ0v) is 19.2. The Kier molecular flexibility index (Phi) is 7.41. The molecule has 0 fully saturated rings. The Hall–Kier alpha value is -3.20. The molecule has 0 atom stereocenters. The third-order valence-corrected chi connectivity index (χ3v) is 5.15. The van der Waals surface area contributed by atoms with E-state index >= 15 is 0 Å². The molecule has 0 aromatic heterocycles. The summed E-state index contributed by atoms with van der Waals surface area (Å²) in [6.07, 6.45) is 0. The van der Waals surface area contributed by atoms with Crippen molar-refractivity contribution in [2.45, 2.75) is 13.8 Å². The second-order valence-electron chi connectivity index (χ2n) is 6.90. The van der Waals surface area contributed by atoms with Gasteiger partial charge in [-0.1, -0.05) is 30.3 Å². The lowest BCUT2D eigenvalue weighted by Gasteiger charge is -2.13. The van der Waals surface area contributed by atoms with Crippen molar-refractivity contribution in [3.05, 3.63) is 92.6 Å².